The van der Waals surface area contributed by atoms with Gasteiger partial charge in [-0.05, 0) is 58.7 Å². The summed E-state index contributed by atoms with van der Waals surface area (Å²) in [5.74, 6) is 0. The molecule has 0 saturated heterocycles. The van der Waals surface area contributed by atoms with E-state index in [0.717, 1.165) is 34.6 Å². The minimum atomic E-state index is 0.365. The number of carbonyl (C=O) groups excluding carboxylic acids is 1. The van der Waals surface area contributed by atoms with E-state index in [1.807, 2.05) is 49.8 Å². The van der Waals surface area contributed by atoms with Gasteiger partial charge < -0.3 is 0 Å². The summed E-state index contributed by atoms with van der Waals surface area (Å²) in [4.78, 5) is 12.3. The Labute approximate surface area is 157 Å². The Morgan fingerprint density at radius 3 is 2.44 bits per heavy atom. The van der Waals surface area contributed by atoms with Gasteiger partial charge in [0.1, 0.15) is 5.69 Å². The van der Waals surface area contributed by atoms with Crippen LogP contribution in [0.2, 0.25) is 0 Å². The van der Waals surface area contributed by atoms with Gasteiger partial charge in [0, 0.05) is 12.2 Å². The third-order valence-electron chi connectivity index (χ3n) is 3.11. The minimum Gasteiger partial charge on any atom is -0.297 e. The molecule has 0 amide bonds. The van der Waals surface area contributed by atoms with Crippen LogP contribution in [0.5, 0.6) is 0 Å². The lowest BCUT2D eigenvalue weighted by atomic mass is 10.2. The smallest absolute Gasteiger partial charge is 0.160 e. The van der Waals surface area contributed by atoms with Gasteiger partial charge in [-0.2, -0.15) is 5.10 Å². The molecule has 138 valence electrons. The second-order valence-corrected chi connectivity index (χ2v) is 6.77. The normalized spacial score (nSPS) is 10.0. The fourth-order valence-electron chi connectivity index (χ4n) is 1.81. The Balaban J connectivity index is 0.000000493. The van der Waals surface area contributed by atoms with Crippen LogP contribution in [0.3, 0.4) is 0 Å². The Morgan fingerprint density at radius 1 is 1.32 bits per heavy atom. The maximum Gasteiger partial charge on any atom is 0.160 e. The molecule has 2 heterocycles. The SMILES string of the molecule is C=C(C)CC/C=C\C.CC.CC(C)n1ccc(-c2ccc(C=O)s2)n1. The van der Waals surface area contributed by atoms with Crippen molar-refractivity contribution in [2.24, 2.45) is 0 Å². The highest BCUT2D eigenvalue weighted by molar-refractivity contribution is 7.17. The van der Waals surface area contributed by atoms with Crippen LogP contribution in [0.15, 0.2) is 48.7 Å². The minimum absolute atomic E-state index is 0.365. The van der Waals surface area contributed by atoms with Gasteiger partial charge in [0.05, 0.1) is 9.75 Å². The van der Waals surface area contributed by atoms with E-state index in [1.165, 1.54) is 16.9 Å². The van der Waals surface area contributed by atoms with Crippen molar-refractivity contribution in [1.29, 1.82) is 0 Å². The van der Waals surface area contributed by atoms with E-state index in [1.54, 1.807) is 0 Å². The van der Waals surface area contributed by atoms with Crippen molar-refractivity contribution in [3.63, 3.8) is 0 Å². The second-order valence-electron chi connectivity index (χ2n) is 5.66. The first-order chi connectivity index (χ1) is 12.0. The number of carbonyl (C=O) groups is 1. The van der Waals surface area contributed by atoms with Crippen molar-refractivity contribution in [3.8, 4) is 10.6 Å². The van der Waals surface area contributed by atoms with Gasteiger partial charge in [-0.3, -0.25) is 9.48 Å². The van der Waals surface area contributed by atoms with Crippen LogP contribution in [0.4, 0.5) is 0 Å². The third kappa shape index (κ3) is 9.20. The summed E-state index contributed by atoms with van der Waals surface area (Å²) in [6.45, 7) is 16.1. The van der Waals surface area contributed by atoms with Crippen molar-refractivity contribution < 1.29 is 4.79 Å². The standard InChI is InChI=1S/C11H12N2OS.C8H14.C2H6/c1-8(2)13-6-5-10(12-13)11-4-3-9(7-14)15-11;1-4-5-6-7-8(2)3;1-2/h3-8H,1-2H3;4-5H,2,6-7H2,1,3H3;1-2H3/b;5-4-;. The van der Waals surface area contributed by atoms with E-state index < -0.39 is 0 Å². The first kappa shape index (κ1) is 23.1. The molecule has 0 aliphatic carbocycles. The van der Waals surface area contributed by atoms with Crippen molar-refractivity contribution >= 4 is 17.6 Å². The molecule has 0 aliphatic rings. The van der Waals surface area contributed by atoms with Gasteiger partial charge in [0.2, 0.25) is 0 Å². The van der Waals surface area contributed by atoms with Crippen LogP contribution in [-0.4, -0.2) is 16.1 Å². The largest absolute Gasteiger partial charge is 0.297 e. The molecule has 0 aliphatic heterocycles. The quantitative estimate of drug-likeness (QED) is 0.412. The highest BCUT2D eigenvalue weighted by Crippen LogP contribution is 2.26. The van der Waals surface area contributed by atoms with Crippen LogP contribution in [0, 0.1) is 0 Å². The fourth-order valence-corrected chi connectivity index (χ4v) is 2.59. The molecular weight excluding hydrogens is 328 g/mol. The maximum atomic E-state index is 10.5. The summed E-state index contributed by atoms with van der Waals surface area (Å²) in [6, 6.07) is 6.09. The molecule has 2 rings (SSSR count). The Kier molecular flexibility index (Phi) is 12.3. The Bertz CT molecular complexity index is 650. The van der Waals surface area contributed by atoms with E-state index in [-0.39, 0.29) is 0 Å². The molecule has 0 saturated carbocycles. The predicted octanol–water partition coefficient (Wildman–Crippen LogP) is 6.95. The molecule has 0 atom stereocenters. The topological polar surface area (TPSA) is 34.9 Å². The van der Waals surface area contributed by atoms with Crippen LogP contribution >= 0.6 is 11.3 Å². The van der Waals surface area contributed by atoms with Crippen LogP contribution in [-0.2, 0) is 0 Å². The van der Waals surface area contributed by atoms with E-state index in [9.17, 15) is 4.79 Å². The number of nitrogens with zero attached hydrogens (tertiary/aromatic N) is 2. The zero-order valence-corrected chi connectivity index (χ0v) is 17.3. The number of hydrogen-bond donors (Lipinski definition) is 0. The molecule has 0 aromatic carbocycles. The van der Waals surface area contributed by atoms with E-state index >= 15 is 0 Å². The zero-order chi connectivity index (χ0) is 19.2. The second kappa shape index (κ2) is 13.4. The number of hydrogen-bond acceptors (Lipinski definition) is 3. The summed E-state index contributed by atoms with van der Waals surface area (Å²) >= 11 is 1.47. The number of rotatable bonds is 6. The van der Waals surface area contributed by atoms with Crippen LogP contribution in [0.25, 0.3) is 10.6 Å². The van der Waals surface area contributed by atoms with Crippen molar-refractivity contribution in [3.05, 3.63) is 53.6 Å². The molecule has 0 unspecified atom stereocenters. The van der Waals surface area contributed by atoms with Crippen molar-refractivity contribution in [2.75, 3.05) is 0 Å². The summed E-state index contributed by atoms with van der Waals surface area (Å²) in [5, 5.41) is 4.44. The first-order valence-corrected chi connectivity index (χ1v) is 9.65. The van der Waals surface area contributed by atoms with Crippen LogP contribution in [0.1, 0.15) is 70.1 Å². The molecule has 3 nitrogen and oxygen atoms in total. The van der Waals surface area contributed by atoms with E-state index in [2.05, 4.69) is 44.6 Å². The average Bonchev–Trinajstić information content (AvgIpc) is 3.26. The number of aldehydes is 1. The maximum absolute atomic E-state index is 10.5. The molecule has 2 aromatic rings. The van der Waals surface area contributed by atoms with Gasteiger partial charge in [-0.1, -0.05) is 31.6 Å². The summed E-state index contributed by atoms with van der Waals surface area (Å²) in [5.41, 5.74) is 2.20. The molecule has 0 bridgehead atoms. The lowest BCUT2D eigenvalue weighted by molar-refractivity contribution is 0.112. The Hall–Kier alpha value is -1.94. The van der Waals surface area contributed by atoms with E-state index in [0.29, 0.717) is 6.04 Å². The Morgan fingerprint density at radius 2 is 2.00 bits per heavy atom. The molecule has 0 fully saturated rings. The molecule has 2 aromatic heterocycles. The number of allylic oxidation sites excluding steroid dienone is 3. The number of aromatic nitrogens is 2. The lowest BCUT2D eigenvalue weighted by Crippen LogP contribution is -2.00. The van der Waals surface area contributed by atoms with Gasteiger partial charge >= 0.3 is 0 Å². The van der Waals surface area contributed by atoms with Crippen LogP contribution < -0.4 is 0 Å². The summed E-state index contributed by atoms with van der Waals surface area (Å²) < 4.78 is 1.91. The van der Waals surface area contributed by atoms with E-state index in [4.69, 9.17) is 0 Å². The lowest BCUT2D eigenvalue weighted by Gasteiger charge is -2.02. The first-order valence-electron chi connectivity index (χ1n) is 8.84. The summed E-state index contributed by atoms with van der Waals surface area (Å²) in [7, 11) is 0. The summed E-state index contributed by atoms with van der Waals surface area (Å²) in [6.07, 6.45) is 9.34. The van der Waals surface area contributed by atoms with Crippen molar-refractivity contribution in [1.82, 2.24) is 9.78 Å². The molecule has 0 spiro atoms. The predicted molar refractivity (Wildman–Crippen MR) is 112 cm³/mol. The van der Waals surface area contributed by atoms with Gasteiger partial charge in [-0.25, -0.2) is 0 Å². The molecule has 4 heteroatoms. The average molecular weight is 361 g/mol. The molecule has 0 N–H and O–H groups in total. The molecule has 0 radical (unpaired) electrons. The van der Waals surface area contributed by atoms with Gasteiger partial charge in [-0.15, -0.1) is 17.9 Å². The number of thiophene rings is 1. The molecular formula is C21H32N2OS. The van der Waals surface area contributed by atoms with Gasteiger partial charge in [0.15, 0.2) is 6.29 Å². The monoisotopic (exact) mass is 360 g/mol. The van der Waals surface area contributed by atoms with Gasteiger partial charge in [0.25, 0.3) is 0 Å². The molecule has 25 heavy (non-hydrogen) atoms. The van der Waals surface area contributed by atoms with Crippen molar-refractivity contribution in [2.45, 2.75) is 60.4 Å². The highest BCUT2D eigenvalue weighted by atomic mass is 32.1. The third-order valence-corrected chi connectivity index (χ3v) is 4.14. The highest BCUT2D eigenvalue weighted by Gasteiger charge is 2.06. The zero-order valence-electron chi connectivity index (χ0n) is 16.5. The fraction of sp³-hybridized carbons (Fsp3) is 0.429.